The number of hydrogen-bond acceptors (Lipinski definition) is 4. The van der Waals surface area contributed by atoms with Crippen molar-refractivity contribution in [2.24, 2.45) is 11.8 Å². The highest BCUT2D eigenvalue weighted by Gasteiger charge is 2.46. The lowest BCUT2D eigenvalue weighted by molar-refractivity contribution is -0.158. The molecule has 1 saturated carbocycles. The first kappa shape index (κ1) is 13.2. The van der Waals surface area contributed by atoms with E-state index in [-0.39, 0.29) is 18.5 Å². The van der Waals surface area contributed by atoms with E-state index in [0.717, 1.165) is 12.5 Å². The number of rotatable bonds is 5. The highest BCUT2D eigenvalue weighted by atomic mass is 28.3. The van der Waals surface area contributed by atoms with Gasteiger partial charge in [0.1, 0.15) is 0 Å². The molecule has 0 unspecified atom stereocenters. The van der Waals surface area contributed by atoms with E-state index in [4.69, 9.17) is 4.74 Å². The maximum absolute atomic E-state index is 11.5. The van der Waals surface area contributed by atoms with Crippen molar-refractivity contribution in [2.75, 3.05) is 13.7 Å². The van der Waals surface area contributed by atoms with Gasteiger partial charge in [-0.15, -0.1) is 0 Å². The first-order chi connectivity index (χ1) is 7.33. The third kappa shape index (κ3) is 4.34. The van der Waals surface area contributed by atoms with Crippen LogP contribution in [-0.4, -0.2) is 33.7 Å². The Labute approximate surface area is 97.3 Å². The Morgan fingerprint density at radius 1 is 1.31 bits per heavy atom. The van der Waals surface area contributed by atoms with Gasteiger partial charge in [-0.05, 0) is 12.3 Å². The summed E-state index contributed by atoms with van der Waals surface area (Å²) in [4.78, 5) is 22.3. The van der Waals surface area contributed by atoms with Crippen LogP contribution in [0.3, 0.4) is 0 Å². The zero-order valence-corrected chi connectivity index (χ0v) is 11.4. The van der Waals surface area contributed by atoms with Crippen LogP contribution in [0.15, 0.2) is 0 Å². The smallest absolute Gasteiger partial charge is 0.344 e. The molecule has 92 valence electrons. The SMILES string of the molecule is COC(=O)COC(=O)[C@@H]1C[C@H]1C[Si](C)(C)C. The van der Waals surface area contributed by atoms with Crippen LogP contribution >= 0.6 is 0 Å². The zero-order chi connectivity index (χ0) is 12.3. The fourth-order valence-electron chi connectivity index (χ4n) is 1.84. The molecule has 2 atom stereocenters. The van der Waals surface area contributed by atoms with Crippen LogP contribution in [0, 0.1) is 11.8 Å². The number of carbonyl (C=O) groups is 2. The van der Waals surface area contributed by atoms with Gasteiger partial charge in [0.25, 0.3) is 0 Å². The number of ether oxygens (including phenoxy) is 2. The Morgan fingerprint density at radius 2 is 1.94 bits per heavy atom. The zero-order valence-electron chi connectivity index (χ0n) is 10.4. The lowest BCUT2D eigenvalue weighted by Gasteiger charge is -2.14. The summed E-state index contributed by atoms with van der Waals surface area (Å²) in [5, 5.41) is 0. The highest BCUT2D eigenvalue weighted by molar-refractivity contribution is 6.76. The number of carbonyl (C=O) groups excluding carboxylic acids is 2. The van der Waals surface area contributed by atoms with E-state index in [0.29, 0.717) is 5.92 Å². The summed E-state index contributed by atoms with van der Waals surface area (Å²) in [6.07, 6.45) is 0.921. The topological polar surface area (TPSA) is 52.6 Å². The van der Waals surface area contributed by atoms with E-state index in [9.17, 15) is 9.59 Å². The summed E-state index contributed by atoms with van der Waals surface area (Å²) in [5.74, 6) is -0.238. The van der Waals surface area contributed by atoms with Gasteiger partial charge in [-0.3, -0.25) is 4.79 Å². The van der Waals surface area contributed by atoms with Gasteiger partial charge in [0.15, 0.2) is 6.61 Å². The fraction of sp³-hybridized carbons (Fsp3) is 0.818. The van der Waals surface area contributed by atoms with Crippen molar-refractivity contribution in [3.05, 3.63) is 0 Å². The van der Waals surface area contributed by atoms with Gasteiger partial charge in [0, 0.05) is 8.07 Å². The lowest BCUT2D eigenvalue weighted by atomic mass is 10.3. The Kier molecular flexibility index (Phi) is 4.13. The number of esters is 2. The molecule has 0 spiro atoms. The molecule has 0 aromatic rings. The van der Waals surface area contributed by atoms with E-state index in [2.05, 4.69) is 24.4 Å². The van der Waals surface area contributed by atoms with Gasteiger partial charge in [-0.2, -0.15) is 0 Å². The molecule has 0 aliphatic heterocycles. The maximum Gasteiger partial charge on any atom is 0.344 e. The van der Waals surface area contributed by atoms with Crippen LogP contribution in [0.5, 0.6) is 0 Å². The fourth-order valence-corrected chi connectivity index (χ4v) is 3.87. The van der Waals surface area contributed by atoms with Crippen LogP contribution in [0.2, 0.25) is 25.7 Å². The Bertz CT molecular complexity index is 282. The van der Waals surface area contributed by atoms with Crippen molar-refractivity contribution in [3.8, 4) is 0 Å². The minimum absolute atomic E-state index is 0.0244. The summed E-state index contributed by atoms with van der Waals surface area (Å²) < 4.78 is 9.26. The molecule has 0 bridgehead atoms. The number of methoxy groups -OCH3 is 1. The van der Waals surface area contributed by atoms with Crippen molar-refractivity contribution in [1.82, 2.24) is 0 Å². The minimum Gasteiger partial charge on any atom is -0.466 e. The van der Waals surface area contributed by atoms with Crippen molar-refractivity contribution >= 4 is 20.0 Å². The highest BCUT2D eigenvalue weighted by Crippen LogP contribution is 2.45. The van der Waals surface area contributed by atoms with Gasteiger partial charge in [-0.25, -0.2) is 4.79 Å². The monoisotopic (exact) mass is 244 g/mol. The van der Waals surface area contributed by atoms with E-state index in [1.165, 1.54) is 7.11 Å². The predicted molar refractivity (Wildman–Crippen MR) is 62.7 cm³/mol. The summed E-state index contributed by atoms with van der Waals surface area (Å²) >= 11 is 0. The predicted octanol–water partition coefficient (Wildman–Crippen LogP) is 1.68. The summed E-state index contributed by atoms with van der Waals surface area (Å²) in [7, 11) is 0.183. The lowest BCUT2D eigenvalue weighted by Crippen LogP contribution is -2.22. The van der Waals surface area contributed by atoms with Gasteiger partial charge in [-0.1, -0.05) is 25.7 Å². The van der Waals surface area contributed by atoms with Crippen LogP contribution < -0.4 is 0 Å². The first-order valence-corrected chi connectivity index (χ1v) is 9.27. The third-order valence-electron chi connectivity index (χ3n) is 2.66. The molecule has 1 rings (SSSR count). The van der Waals surface area contributed by atoms with Crippen LogP contribution in [0.4, 0.5) is 0 Å². The second-order valence-corrected chi connectivity index (χ2v) is 11.1. The van der Waals surface area contributed by atoms with Gasteiger partial charge >= 0.3 is 11.9 Å². The normalized spacial score (nSPS) is 23.8. The minimum atomic E-state index is -1.10. The molecule has 0 aromatic carbocycles. The van der Waals surface area contributed by atoms with Gasteiger partial charge in [0.05, 0.1) is 13.0 Å². The van der Waals surface area contributed by atoms with Crippen molar-refractivity contribution in [3.63, 3.8) is 0 Å². The third-order valence-corrected chi connectivity index (χ3v) is 4.41. The molecule has 0 amide bonds. The molecule has 0 saturated heterocycles. The summed E-state index contributed by atoms with van der Waals surface area (Å²) in [6.45, 7) is 6.62. The molecule has 1 aliphatic carbocycles. The van der Waals surface area contributed by atoms with E-state index in [1.54, 1.807) is 0 Å². The van der Waals surface area contributed by atoms with Gasteiger partial charge in [0.2, 0.25) is 0 Å². The van der Waals surface area contributed by atoms with E-state index >= 15 is 0 Å². The summed E-state index contributed by atoms with van der Waals surface area (Å²) in [6, 6.07) is 1.16. The Hall–Kier alpha value is -0.843. The molecule has 16 heavy (non-hydrogen) atoms. The molecule has 5 heteroatoms. The van der Waals surface area contributed by atoms with Crippen molar-refractivity contribution < 1.29 is 19.1 Å². The van der Waals surface area contributed by atoms with Crippen molar-refractivity contribution in [1.29, 1.82) is 0 Å². The van der Waals surface area contributed by atoms with E-state index < -0.39 is 14.0 Å². The molecule has 0 N–H and O–H groups in total. The molecule has 0 aromatic heterocycles. The molecular weight excluding hydrogens is 224 g/mol. The maximum atomic E-state index is 11.5. The first-order valence-electron chi connectivity index (χ1n) is 5.57. The number of hydrogen-bond donors (Lipinski definition) is 0. The van der Waals surface area contributed by atoms with E-state index in [1.807, 2.05) is 0 Å². The Morgan fingerprint density at radius 3 is 2.44 bits per heavy atom. The Balaban J connectivity index is 2.24. The average Bonchev–Trinajstić information content (AvgIpc) is 2.90. The quantitative estimate of drug-likeness (QED) is 0.545. The molecule has 0 radical (unpaired) electrons. The van der Waals surface area contributed by atoms with Crippen LogP contribution in [0.1, 0.15) is 6.42 Å². The largest absolute Gasteiger partial charge is 0.466 e. The standard InChI is InChI=1S/C11H20O4Si/c1-14-10(12)6-15-11(13)9-5-8(9)7-16(2,3)4/h8-9H,5-7H2,1-4H3/t8-,9+/m0/s1. The van der Waals surface area contributed by atoms with Gasteiger partial charge < -0.3 is 9.47 Å². The van der Waals surface area contributed by atoms with Crippen LogP contribution in [0.25, 0.3) is 0 Å². The molecule has 1 fully saturated rings. The molecule has 4 nitrogen and oxygen atoms in total. The molecule has 1 aliphatic rings. The summed E-state index contributed by atoms with van der Waals surface area (Å²) in [5.41, 5.74) is 0. The molecular formula is C11H20O4Si. The second kappa shape index (κ2) is 4.99. The molecule has 0 heterocycles. The van der Waals surface area contributed by atoms with Crippen LogP contribution in [-0.2, 0) is 19.1 Å². The average molecular weight is 244 g/mol. The van der Waals surface area contributed by atoms with Crippen molar-refractivity contribution in [2.45, 2.75) is 32.1 Å². The second-order valence-electron chi connectivity index (χ2n) is 5.55.